The minimum atomic E-state index is -0.129. The van der Waals surface area contributed by atoms with Gasteiger partial charge in [-0.3, -0.25) is 0 Å². The summed E-state index contributed by atoms with van der Waals surface area (Å²) in [6.45, 7) is 6.22. The molecule has 0 bridgehead atoms. The van der Waals surface area contributed by atoms with E-state index in [2.05, 4.69) is 19.2 Å². The van der Waals surface area contributed by atoms with Gasteiger partial charge in [-0.15, -0.1) is 0 Å². The lowest BCUT2D eigenvalue weighted by atomic mass is 10.1. The molecule has 0 saturated carbocycles. The van der Waals surface area contributed by atoms with E-state index in [1.54, 1.807) is 6.07 Å². The standard InChI is InChI=1S/C12H18FN/c1-4-9(2)14-10(3)11-7-5-6-8-12(11)13/h5-10,14H,4H2,1-3H3/t9-,10+/m0/s1. The van der Waals surface area contributed by atoms with Gasteiger partial charge in [0.05, 0.1) is 0 Å². The molecule has 0 aliphatic heterocycles. The van der Waals surface area contributed by atoms with Crippen LogP contribution >= 0.6 is 0 Å². The lowest BCUT2D eigenvalue weighted by molar-refractivity contribution is 0.454. The Balaban J connectivity index is 2.69. The van der Waals surface area contributed by atoms with Crippen LogP contribution in [0.15, 0.2) is 24.3 Å². The summed E-state index contributed by atoms with van der Waals surface area (Å²) in [5.41, 5.74) is 0.743. The van der Waals surface area contributed by atoms with Crippen molar-refractivity contribution in [3.8, 4) is 0 Å². The molecule has 0 unspecified atom stereocenters. The number of rotatable bonds is 4. The summed E-state index contributed by atoms with van der Waals surface area (Å²) in [6, 6.07) is 7.41. The fraction of sp³-hybridized carbons (Fsp3) is 0.500. The van der Waals surface area contributed by atoms with E-state index < -0.39 is 0 Å². The van der Waals surface area contributed by atoms with Crippen LogP contribution in [0.3, 0.4) is 0 Å². The predicted octanol–water partition coefficient (Wildman–Crippen LogP) is 3.27. The summed E-state index contributed by atoms with van der Waals surface area (Å²) in [7, 11) is 0. The summed E-state index contributed by atoms with van der Waals surface area (Å²) in [4.78, 5) is 0. The van der Waals surface area contributed by atoms with E-state index in [-0.39, 0.29) is 11.9 Å². The normalized spacial score (nSPS) is 15.1. The van der Waals surface area contributed by atoms with Crippen molar-refractivity contribution in [1.29, 1.82) is 0 Å². The van der Waals surface area contributed by atoms with Gasteiger partial charge in [-0.25, -0.2) is 4.39 Å². The lowest BCUT2D eigenvalue weighted by Gasteiger charge is -2.19. The van der Waals surface area contributed by atoms with Gasteiger partial charge in [-0.2, -0.15) is 0 Å². The van der Waals surface area contributed by atoms with E-state index in [0.717, 1.165) is 12.0 Å². The third kappa shape index (κ3) is 2.81. The van der Waals surface area contributed by atoms with E-state index in [1.165, 1.54) is 6.07 Å². The molecule has 0 heterocycles. The van der Waals surface area contributed by atoms with Crippen molar-refractivity contribution >= 4 is 0 Å². The van der Waals surface area contributed by atoms with Crippen molar-refractivity contribution in [2.45, 2.75) is 39.3 Å². The number of halogens is 1. The van der Waals surface area contributed by atoms with Crippen molar-refractivity contribution < 1.29 is 4.39 Å². The molecule has 78 valence electrons. The third-order valence-corrected chi connectivity index (χ3v) is 2.52. The Labute approximate surface area is 85.3 Å². The highest BCUT2D eigenvalue weighted by Crippen LogP contribution is 2.16. The van der Waals surface area contributed by atoms with Gasteiger partial charge in [0.1, 0.15) is 5.82 Å². The van der Waals surface area contributed by atoms with Gasteiger partial charge in [0, 0.05) is 17.6 Å². The van der Waals surface area contributed by atoms with Gasteiger partial charge in [0.15, 0.2) is 0 Å². The molecule has 0 saturated heterocycles. The maximum Gasteiger partial charge on any atom is 0.127 e. The summed E-state index contributed by atoms with van der Waals surface area (Å²) in [5, 5.41) is 3.35. The second-order valence-electron chi connectivity index (χ2n) is 3.72. The molecule has 0 spiro atoms. The minimum Gasteiger partial charge on any atom is -0.308 e. The Morgan fingerprint density at radius 3 is 2.50 bits per heavy atom. The van der Waals surface area contributed by atoms with Crippen LogP contribution in [0.1, 0.15) is 38.8 Å². The molecule has 0 amide bonds. The van der Waals surface area contributed by atoms with Crippen LogP contribution < -0.4 is 5.32 Å². The van der Waals surface area contributed by atoms with E-state index in [9.17, 15) is 4.39 Å². The summed E-state index contributed by atoms with van der Waals surface area (Å²) in [5.74, 6) is -0.129. The Kier molecular flexibility index (Phi) is 4.08. The van der Waals surface area contributed by atoms with Crippen molar-refractivity contribution in [3.05, 3.63) is 35.6 Å². The molecule has 2 heteroatoms. The first-order valence-electron chi connectivity index (χ1n) is 5.15. The Bertz CT molecular complexity index is 285. The Morgan fingerprint density at radius 1 is 1.29 bits per heavy atom. The SMILES string of the molecule is CC[C@H](C)N[C@H](C)c1ccccc1F. The molecule has 0 aliphatic carbocycles. The smallest absolute Gasteiger partial charge is 0.127 e. The van der Waals surface area contributed by atoms with Gasteiger partial charge in [-0.05, 0) is 26.3 Å². The van der Waals surface area contributed by atoms with Crippen LogP contribution in [0.25, 0.3) is 0 Å². The van der Waals surface area contributed by atoms with Gasteiger partial charge in [0.25, 0.3) is 0 Å². The van der Waals surface area contributed by atoms with Crippen molar-refractivity contribution in [1.82, 2.24) is 5.32 Å². The number of hydrogen-bond acceptors (Lipinski definition) is 1. The quantitative estimate of drug-likeness (QED) is 0.777. The average molecular weight is 195 g/mol. The third-order valence-electron chi connectivity index (χ3n) is 2.52. The molecule has 0 radical (unpaired) electrons. The largest absolute Gasteiger partial charge is 0.308 e. The van der Waals surface area contributed by atoms with Crippen LogP contribution in [0.5, 0.6) is 0 Å². The second-order valence-corrected chi connectivity index (χ2v) is 3.72. The summed E-state index contributed by atoms with van der Waals surface area (Å²) < 4.78 is 13.4. The zero-order valence-electron chi connectivity index (χ0n) is 9.05. The van der Waals surface area contributed by atoms with E-state index >= 15 is 0 Å². The lowest BCUT2D eigenvalue weighted by Crippen LogP contribution is -2.28. The van der Waals surface area contributed by atoms with E-state index in [0.29, 0.717) is 6.04 Å². The highest BCUT2D eigenvalue weighted by atomic mass is 19.1. The molecule has 1 nitrogen and oxygen atoms in total. The predicted molar refractivity (Wildman–Crippen MR) is 57.7 cm³/mol. The van der Waals surface area contributed by atoms with Crippen LogP contribution in [-0.2, 0) is 0 Å². The number of benzene rings is 1. The maximum absolute atomic E-state index is 13.4. The second kappa shape index (κ2) is 5.11. The zero-order valence-corrected chi connectivity index (χ0v) is 9.05. The van der Waals surface area contributed by atoms with Gasteiger partial charge in [0.2, 0.25) is 0 Å². The highest BCUT2D eigenvalue weighted by Gasteiger charge is 2.11. The Morgan fingerprint density at radius 2 is 1.93 bits per heavy atom. The molecular formula is C12H18FN. The van der Waals surface area contributed by atoms with Crippen molar-refractivity contribution in [3.63, 3.8) is 0 Å². The molecule has 1 rings (SSSR count). The summed E-state index contributed by atoms with van der Waals surface area (Å²) >= 11 is 0. The molecule has 1 aromatic carbocycles. The van der Waals surface area contributed by atoms with E-state index in [1.807, 2.05) is 19.1 Å². The minimum absolute atomic E-state index is 0.0751. The van der Waals surface area contributed by atoms with Crippen LogP contribution in [0.2, 0.25) is 0 Å². The summed E-state index contributed by atoms with van der Waals surface area (Å²) in [6.07, 6.45) is 1.05. The topological polar surface area (TPSA) is 12.0 Å². The molecule has 2 atom stereocenters. The molecule has 1 N–H and O–H groups in total. The molecular weight excluding hydrogens is 177 g/mol. The molecule has 14 heavy (non-hydrogen) atoms. The molecule has 0 aromatic heterocycles. The van der Waals surface area contributed by atoms with Crippen molar-refractivity contribution in [2.24, 2.45) is 0 Å². The monoisotopic (exact) mass is 195 g/mol. The Hall–Kier alpha value is -0.890. The number of hydrogen-bond donors (Lipinski definition) is 1. The first kappa shape index (κ1) is 11.2. The molecule has 1 aromatic rings. The maximum atomic E-state index is 13.4. The first-order chi connectivity index (χ1) is 6.65. The van der Waals surface area contributed by atoms with E-state index in [4.69, 9.17) is 0 Å². The fourth-order valence-electron chi connectivity index (χ4n) is 1.46. The van der Waals surface area contributed by atoms with Gasteiger partial charge < -0.3 is 5.32 Å². The molecule has 0 aliphatic rings. The zero-order chi connectivity index (χ0) is 10.6. The van der Waals surface area contributed by atoms with Gasteiger partial charge >= 0.3 is 0 Å². The van der Waals surface area contributed by atoms with Crippen LogP contribution in [0, 0.1) is 5.82 Å². The van der Waals surface area contributed by atoms with Gasteiger partial charge in [-0.1, -0.05) is 25.1 Å². The van der Waals surface area contributed by atoms with Crippen LogP contribution in [-0.4, -0.2) is 6.04 Å². The van der Waals surface area contributed by atoms with Crippen LogP contribution in [0.4, 0.5) is 4.39 Å². The van der Waals surface area contributed by atoms with Crippen molar-refractivity contribution in [2.75, 3.05) is 0 Å². The number of nitrogens with one attached hydrogen (secondary N) is 1. The fourth-order valence-corrected chi connectivity index (χ4v) is 1.46. The average Bonchev–Trinajstić information content (AvgIpc) is 2.18. The molecule has 0 fully saturated rings. The first-order valence-corrected chi connectivity index (χ1v) is 5.15. The highest BCUT2D eigenvalue weighted by molar-refractivity contribution is 5.20.